The first-order chi connectivity index (χ1) is 15.0. The molecule has 0 aliphatic heterocycles. The van der Waals surface area contributed by atoms with Crippen LogP contribution in [0.5, 0.6) is 11.6 Å². The first-order valence-electron chi connectivity index (χ1n) is 9.01. The Kier molecular flexibility index (Phi) is 6.11. The van der Waals surface area contributed by atoms with Gasteiger partial charge in [-0.3, -0.25) is 14.3 Å². The highest BCUT2D eigenvalue weighted by molar-refractivity contribution is 6.35. The monoisotopic (exact) mass is 457 g/mol. The fraction of sp³-hybridized carbons (Fsp3) is 0.0476. The Morgan fingerprint density at radius 3 is 2.58 bits per heavy atom. The fourth-order valence-electron chi connectivity index (χ4n) is 2.71. The van der Waals surface area contributed by atoms with Crippen molar-refractivity contribution in [1.82, 2.24) is 24.8 Å². The fourth-order valence-corrected chi connectivity index (χ4v) is 3.18. The van der Waals surface area contributed by atoms with Crippen LogP contribution in [0.4, 0.5) is 4.39 Å². The van der Waals surface area contributed by atoms with Gasteiger partial charge in [0.1, 0.15) is 17.3 Å². The summed E-state index contributed by atoms with van der Waals surface area (Å²) in [6, 6.07) is 10.5. The van der Waals surface area contributed by atoms with Gasteiger partial charge in [0.05, 0.1) is 34.7 Å². The summed E-state index contributed by atoms with van der Waals surface area (Å²) in [5, 5.41) is 3.50. The van der Waals surface area contributed by atoms with E-state index in [1.54, 1.807) is 29.0 Å². The molecule has 31 heavy (non-hydrogen) atoms. The van der Waals surface area contributed by atoms with Gasteiger partial charge in [-0.1, -0.05) is 23.2 Å². The van der Waals surface area contributed by atoms with Gasteiger partial charge in [-0.15, -0.1) is 0 Å². The second-order valence-corrected chi connectivity index (χ2v) is 7.15. The van der Waals surface area contributed by atoms with Crippen molar-refractivity contribution in [3.8, 4) is 17.4 Å². The number of hydrogen-bond donors (Lipinski definition) is 1. The number of pyridine rings is 1. The van der Waals surface area contributed by atoms with Crippen molar-refractivity contribution < 1.29 is 13.9 Å². The molecule has 3 aromatic heterocycles. The third kappa shape index (κ3) is 4.99. The van der Waals surface area contributed by atoms with Crippen molar-refractivity contribution in [1.29, 1.82) is 0 Å². The topological polar surface area (TPSA) is 81.9 Å². The summed E-state index contributed by atoms with van der Waals surface area (Å²) in [6.07, 6.45) is 6.04. The molecule has 0 fully saturated rings. The van der Waals surface area contributed by atoms with Crippen LogP contribution in [0.2, 0.25) is 10.0 Å². The number of hydrogen-bond acceptors (Lipinski definition) is 5. The first kappa shape index (κ1) is 20.8. The predicted octanol–water partition coefficient (Wildman–Crippen LogP) is 4.83. The summed E-state index contributed by atoms with van der Waals surface area (Å²) in [7, 11) is 0. The Hall–Kier alpha value is -3.49. The van der Waals surface area contributed by atoms with Crippen molar-refractivity contribution in [3.05, 3.63) is 94.5 Å². The van der Waals surface area contributed by atoms with Crippen molar-refractivity contribution in [3.63, 3.8) is 0 Å². The van der Waals surface area contributed by atoms with Crippen LogP contribution in [0.15, 0.2) is 67.3 Å². The van der Waals surface area contributed by atoms with E-state index in [0.29, 0.717) is 33.0 Å². The van der Waals surface area contributed by atoms with Crippen LogP contribution in [0.25, 0.3) is 5.82 Å². The lowest BCUT2D eigenvalue weighted by Gasteiger charge is -2.10. The SMILES string of the molecule is O=C(NCc1cnc(Oc2ccc(F)cc2)cn1)c1cccn1-c1ncc(Cl)cc1Cl. The van der Waals surface area contributed by atoms with Crippen LogP contribution in [0.1, 0.15) is 16.2 Å². The van der Waals surface area contributed by atoms with Gasteiger partial charge in [0.25, 0.3) is 5.91 Å². The van der Waals surface area contributed by atoms with Gasteiger partial charge < -0.3 is 10.1 Å². The van der Waals surface area contributed by atoms with E-state index in [0.717, 1.165) is 0 Å². The average Bonchev–Trinajstić information content (AvgIpc) is 3.24. The number of benzene rings is 1. The second kappa shape index (κ2) is 9.11. The molecule has 1 N–H and O–H groups in total. The quantitative estimate of drug-likeness (QED) is 0.448. The van der Waals surface area contributed by atoms with E-state index in [-0.39, 0.29) is 24.1 Å². The number of aromatic nitrogens is 4. The molecule has 0 atom stereocenters. The van der Waals surface area contributed by atoms with E-state index in [2.05, 4.69) is 20.3 Å². The van der Waals surface area contributed by atoms with Crippen LogP contribution in [0, 0.1) is 5.82 Å². The van der Waals surface area contributed by atoms with Crippen molar-refractivity contribution in [2.24, 2.45) is 0 Å². The number of carbonyl (C=O) groups excluding carboxylic acids is 1. The Morgan fingerprint density at radius 2 is 1.87 bits per heavy atom. The maximum absolute atomic E-state index is 13.0. The minimum atomic E-state index is -0.357. The number of nitrogens with zero attached hydrogens (tertiary/aromatic N) is 4. The van der Waals surface area contributed by atoms with Crippen LogP contribution in [0.3, 0.4) is 0 Å². The van der Waals surface area contributed by atoms with Gasteiger partial charge in [0.2, 0.25) is 5.88 Å². The molecule has 10 heteroatoms. The molecule has 0 aliphatic carbocycles. The minimum absolute atomic E-state index is 0.148. The van der Waals surface area contributed by atoms with Gasteiger partial charge in [0, 0.05) is 12.4 Å². The van der Waals surface area contributed by atoms with E-state index in [4.69, 9.17) is 27.9 Å². The van der Waals surface area contributed by atoms with E-state index in [1.165, 1.54) is 42.9 Å². The second-order valence-electron chi connectivity index (χ2n) is 6.31. The van der Waals surface area contributed by atoms with Crippen LogP contribution in [-0.4, -0.2) is 25.4 Å². The van der Waals surface area contributed by atoms with E-state index in [1.807, 2.05) is 0 Å². The molecule has 1 aromatic carbocycles. The Morgan fingerprint density at radius 1 is 1.06 bits per heavy atom. The third-order valence-corrected chi connectivity index (χ3v) is 4.63. The summed E-state index contributed by atoms with van der Waals surface area (Å²) in [5.41, 5.74) is 0.876. The van der Waals surface area contributed by atoms with Gasteiger partial charge in [0.15, 0.2) is 5.82 Å². The lowest BCUT2D eigenvalue weighted by atomic mass is 10.3. The van der Waals surface area contributed by atoms with Crippen molar-refractivity contribution in [2.45, 2.75) is 6.54 Å². The molecule has 0 unspecified atom stereocenters. The van der Waals surface area contributed by atoms with Crippen molar-refractivity contribution >= 4 is 29.1 Å². The summed E-state index contributed by atoms with van der Waals surface area (Å²) in [4.78, 5) is 25.2. The first-order valence-corrected chi connectivity index (χ1v) is 9.76. The summed E-state index contributed by atoms with van der Waals surface area (Å²) in [6.45, 7) is 0.148. The molecule has 4 aromatic rings. The molecule has 156 valence electrons. The molecule has 3 heterocycles. The highest BCUT2D eigenvalue weighted by Gasteiger charge is 2.15. The standard InChI is InChI=1S/C21H14Cl2FN5O2/c22-13-8-17(23)20(27-9-13)29-7-1-2-18(29)21(30)28-11-15-10-26-19(12-25-15)31-16-5-3-14(24)4-6-16/h1-10,12H,11H2,(H,28,30). The molecule has 7 nitrogen and oxygen atoms in total. The zero-order chi connectivity index (χ0) is 21.8. The van der Waals surface area contributed by atoms with Crippen LogP contribution < -0.4 is 10.1 Å². The maximum Gasteiger partial charge on any atom is 0.268 e. The van der Waals surface area contributed by atoms with Gasteiger partial charge in [-0.2, -0.15) is 0 Å². The normalized spacial score (nSPS) is 10.7. The molecule has 0 saturated heterocycles. The smallest absolute Gasteiger partial charge is 0.268 e. The average molecular weight is 458 g/mol. The largest absolute Gasteiger partial charge is 0.438 e. The summed E-state index contributed by atoms with van der Waals surface area (Å²) in [5.74, 6) is 0.380. The van der Waals surface area contributed by atoms with E-state index < -0.39 is 0 Å². The van der Waals surface area contributed by atoms with Gasteiger partial charge in [-0.25, -0.2) is 14.4 Å². The Labute approximate surface area is 186 Å². The molecular formula is C21H14Cl2FN5O2. The number of nitrogens with one attached hydrogen (secondary N) is 1. The minimum Gasteiger partial charge on any atom is -0.438 e. The molecule has 1 amide bonds. The zero-order valence-corrected chi connectivity index (χ0v) is 17.3. The summed E-state index contributed by atoms with van der Waals surface area (Å²) >= 11 is 12.1. The van der Waals surface area contributed by atoms with Gasteiger partial charge >= 0.3 is 0 Å². The molecule has 0 bridgehead atoms. The molecule has 0 aliphatic rings. The third-order valence-electron chi connectivity index (χ3n) is 4.15. The summed E-state index contributed by atoms with van der Waals surface area (Å²) < 4.78 is 20.0. The molecular weight excluding hydrogens is 444 g/mol. The number of rotatable bonds is 6. The lowest BCUT2D eigenvalue weighted by molar-refractivity contribution is 0.0943. The molecule has 0 saturated carbocycles. The highest BCUT2D eigenvalue weighted by Crippen LogP contribution is 2.23. The van der Waals surface area contributed by atoms with E-state index >= 15 is 0 Å². The number of halogens is 3. The zero-order valence-electron chi connectivity index (χ0n) is 15.8. The van der Waals surface area contributed by atoms with Crippen molar-refractivity contribution in [2.75, 3.05) is 0 Å². The van der Waals surface area contributed by atoms with Crippen LogP contribution >= 0.6 is 23.2 Å². The highest BCUT2D eigenvalue weighted by atomic mass is 35.5. The molecule has 0 spiro atoms. The molecule has 4 rings (SSSR count). The maximum atomic E-state index is 13.0. The lowest BCUT2D eigenvalue weighted by Crippen LogP contribution is -2.25. The van der Waals surface area contributed by atoms with Gasteiger partial charge in [-0.05, 0) is 42.5 Å². The predicted molar refractivity (Wildman–Crippen MR) is 113 cm³/mol. The number of carbonyl (C=O) groups is 1. The van der Waals surface area contributed by atoms with E-state index in [9.17, 15) is 9.18 Å². The Balaban J connectivity index is 1.40. The number of amides is 1. The Bertz CT molecular complexity index is 1210. The molecule has 0 radical (unpaired) electrons. The number of ether oxygens (including phenoxy) is 1. The van der Waals surface area contributed by atoms with Crippen LogP contribution in [-0.2, 0) is 6.54 Å².